The molecule has 1 aromatic carbocycles. The van der Waals surface area contributed by atoms with E-state index in [1.54, 1.807) is 12.3 Å². The molecule has 2 rings (SSSR count). The van der Waals surface area contributed by atoms with E-state index in [1.807, 2.05) is 44.2 Å². The highest BCUT2D eigenvalue weighted by atomic mass is 16.5. The van der Waals surface area contributed by atoms with Crippen LogP contribution < -0.4 is 10.3 Å². The first kappa shape index (κ1) is 13.9. The molecule has 0 saturated carbocycles. The van der Waals surface area contributed by atoms with Crippen LogP contribution in [0.5, 0.6) is 5.75 Å². The molecule has 0 saturated heterocycles. The van der Waals surface area contributed by atoms with Crippen LogP contribution in [0, 0.1) is 11.3 Å². The fraction of sp³-hybridized carbons (Fsp3) is 0.250. The van der Waals surface area contributed by atoms with Crippen molar-refractivity contribution in [2.45, 2.75) is 20.4 Å². The SMILES string of the molecule is CCOc1ccccc1-c1ccn(CC)c(=O)c1C#N. The van der Waals surface area contributed by atoms with Gasteiger partial charge >= 0.3 is 0 Å². The lowest BCUT2D eigenvalue weighted by atomic mass is 10.0. The van der Waals surface area contributed by atoms with Crippen molar-refractivity contribution in [2.75, 3.05) is 6.61 Å². The number of aryl methyl sites for hydroxylation is 1. The van der Waals surface area contributed by atoms with E-state index in [-0.39, 0.29) is 11.1 Å². The van der Waals surface area contributed by atoms with Crippen LogP contribution in [-0.2, 0) is 6.54 Å². The highest BCUT2D eigenvalue weighted by molar-refractivity contribution is 5.75. The number of nitrogens with zero attached hydrogens (tertiary/aromatic N) is 2. The minimum Gasteiger partial charge on any atom is -0.493 e. The van der Waals surface area contributed by atoms with Gasteiger partial charge in [-0.3, -0.25) is 4.79 Å². The zero-order valence-electron chi connectivity index (χ0n) is 11.6. The summed E-state index contributed by atoms with van der Waals surface area (Å²) in [6.45, 7) is 4.85. The average molecular weight is 268 g/mol. The third-order valence-electron chi connectivity index (χ3n) is 3.09. The molecular formula is C16H16N2O2. The van der Waals surface area contributed by atoms with Crippen LogP contribution in [0.3, 0.4) is 0 Å². The quantitative estimate of drug-likeness (QED) is 0.856. The summed E-state index contributed by atoms with van der Waals surface area (Å²) in [5.41, 5.74) is 1.28. The highest BCUT2D eigenvalue weighted by Crippen LogP contribution is 2.30. The molecule has 0 aliphatic rings. The van der Waals surface area contributed by atoms with E-state index in [1.165, 1.54) is 4.57 Å². The monoisotopic (exact) mass is 268 g/mol. The van der Waals surface area contributed by atoms with Crippen LogP contribution in [-0.4, -0.2) is 11.2 Å². The van der Waals surface area contributed by atoms with Gasteiger partial charge in [0.25, 0.3) is 5.56 Å². The van der Waals surface area contributed by atoms with E-state index in [4.69, 9.17) is 4.74 Å². The fourth-order valence-electron chi connectivity index (χ4n) is 2.13. The minimum atomic E-state index is -0.265. The Morgan fingerprint density at radius 1 is 1.20 bits per heavy atom. The molecule has 0 radical (unpaired) electrons. The Hall–Kier alpha value is -2.54. The first-order valence-corrected chi connectivity index (χ1v) is 6.58. The third kappa shape index (κ3) is 2.43. The number of pyridine rings is 1. The molecule has 0 aliphatic heterocycles. The van der Waals surface area contributed by atoms with Crippen LogP contribution in [0.1, 0.15) is 19.4 Å². The molecule has 0 N–H and O–H groups in total. The van der Waals surface area contributed by atoms with Gasteiger partial charge in [-0.25, -0.2) is 0 Å². The maximum absolute atomic E-state index is 12.2. The summed E-state index contributed by atoms with van der Waals surface area (Å²) in [6, 6.07) is 11.2. The molecule has 0 fully saturated rings. The number of ether oxygens (including phenoxy) is 1. The van der Waals surface area contributed by atoms with Gasteiger partial charge in [-0.15, -0.1) is 0 Å². The van der Waals surface area contributed by atoms with Gasteiger partial charge in [0.05, 0.1) is 6.61 Å². The lowest BCUT2D eigenvalue weighted by molar-refractivity contribution is 0.341. The fourth-order valence-corrected chi connectivity index (χ4v) is 2.13. The number of hydrogen-bond donors (Lipinski definition) is 0. The lowest BCUT2D eigenvalue weighted by Crippen LogP contribution is -2.21. The molecule has 0 atom stereocenters. The van der Waals surface area contributed by atoms with Gasteiger partial charge in [0, 0.05) is 23.9 Å². The third-order valence-corrected chi connectivity index (χ3v) is 3.09. The molecule has 0 spiro atoms. The largest absolute Gasteiger partial charge is 0.493 e. The van der Waals surface area contributed by atoms with Crippen molar-refractivity contribution in [3.8, 4) is 22.9 Å². The number of rotatable bonds is 4. The van der Waals surface area contributed by atoms with Crippen molar-refractivity contribution < 1.29 is 4.74 Å². The molecule has 0 aliphatic carbocycles. The summed E-state index contributed by atoms with van der Waals surface area (Å²) in [4.78, 5) is 12.2. The normalized spacial score (nSPS) is 10.1. The molecule has 1 heterocycles. The Morgan fingerprint density at radius 2 is 1.95 bits per heavy atom. The summed E-state index contributed by atoms with van der Waals surface area (Å²) >= 11 is 0. The van der Waals surface area contributed by atoms with Gasteiger partial charge in [-0.1, -0.05) is 18.2 Å². The molecule has 102 valence electrons. The van der Waals surface area contributed by atoms with Crippen molar-refractivity contribution >= 4 is 0 Å². The number of benzene rings is 1. The first-order chi connectivity index (χ1) is 9.72. The number of para-hydroxylation sites is 1. The average Bonchev–Trinajstić information content (AvgIpc) is 2.48. The van der Waals surface area contributed by atoms with Crippen molar-refractivity contribution in [1.29, 1.82) is 5.26 Å². The molecule has 0 unspecified atom stereocenters. The van der Waals surface area contributed by atoms with E-state index < -0.39 is 0 Å². The highest BCUT2D eigenvalue weighted by Gasteiger charge is 2.14. The summed E-state index contributed by atoms with van der Waals surface area (Å²) in [5, 5.41) is 9.30. The van der Waals surface area contributed by atoms with Crippen molar-refractivity contribution in [3.05, 3.63) is 52.4 Å². The Kier molecular flexibility index (Phi) is 4.21. The number of nitriles is 1. The van der Waals surface area contributed by atoms with Crippen LogP contribution >= 0.6 is 0 Å². The van der Waals surface area contributed by atoms with E-state index in [0.29, 0.717) is 24.5 Å². The number of hydrogen-bond acceptors (Lipinski definition) is 3. The second kappa shape index (κ2) is 6.07. The smallest absolute Gasteiger partial charge is 0.269 e. The first-order valence-electron chi connectivity index (χ1n) is 6.58. The Bertz CT molecular complexity index is 711. The molecular weight excluding hydrogens is 252 g/mol. The Morgan fingerprint density at radius 3 is 2.60 bits per heavy atom. The van der Waals surface area contributed by atoms with Gasteiger partial charge in [0.15, 0.2) is 0 Å². The zero-order chi connectivity index (χ0) is 14.5. The standard InChI is InChI=1S/C16H16N2O2/c1-3-18-10-9-12(14(11-17)16(18)19)13-7-5-6-8-15(13)20-4-2/h5-10H,3-4H2,1-2H3. The molecule has 4 heteroatoms. The number of aromatic nitrogens is 1. The van der Waals surface area contributed by atoms with Gasteiger partial charge in [0.1, 0.15) is 17.4 Å². The molecule has 4 nitrogen and oxygen atoms in total. The van der Waals surface area contributed by atoms with Gasteiger partial charge in [-0.05, 0) is 26.0 Å². The van der Waals surface area contributed by atoms with Crippen LogP contribution in [0.25, 0.3) is 11.1 Å². The van der Waals surface area contributed by atoms with E-state index in [0.717, 1.165) is 5.56 Å². The summed E-state index contributed by atoms with van der Waals surface area (Å²) < 4.78 is 7.09. The second-order valence-electron chi connectivity index (χ2n) is 4.24. The maximum atomic E-state index is 12.2. The molecule has 0 amide bonds. The predicted molar refractivity (Wildman–Crippen MR) is 77.7 cm³/mol. The van der Waals surface area contributed by atoms with Gasteiger partial charge < -0.3 is 9.30 Å². The second-order valence-corrected chi connectivity index (χ2v) is 4.24. The minimum absolute atomic E-state index is 0.154. The van der Waals surface area contributed by atoms with Crippen molar-refractivity contribution in [3.63, 3.8) is 0 Å². The Labute approximate surface area is 117 Å². The maximum Gasteiger partial charge on any atom is 0.269 e. The van der Waals surface area contributed by atoms with Gasteiger partial charge in [-0.2, -0.15) is 5.26 Å². The molecule has 0 bridgehead atoms. The lowest BCUT2D eigenvalue weighted by Gasteiger charge is -2.12. The summed E-state index contributed by atoms with van der Waals surface area (Å²) in [5.74, 6) is 0.681. The predicted octanol–water partition coefficient (Wildman–Crippen LogP) is 2.81. The topological polar surface area (TPSA) is 55.0 Å². The summed E-state index contributed by atoms with van der Waals surface area (Å²) in [6.07, 6.45) is 1.71. The van der Waals surface area contributed by atoms with Crippen molar-refractivity contribution in [1.82, 2.24) is 4.57 Å². The molecule has 20 heavy (non-hydrogen) atoms. The van der Waals surface area contributed by atoms with E-state index >= 15 is 0 Å². The van der Waals surface area contributed by atoms with E-state index in [2.05, 4.69) is 0 Å². The van der Waals surface area contributed by atoms with Crippen molar-refractivity contribution in [2.24, 2.45) is 0 Å². The molecule has 2 aromatic rings. The van der Waals surface area contributed by atoms with Gasteiger partial charge in [0.2, 0.25) is 0 Å². The summed E-state index contributed by atoms with van der Waals surface area (Å²) in [7, 11) is 0. The van der Waals surface area contributed by atoms with Crippen LogP contribution in [0.15, 0.2) is 41.3 Å². The Balaban J connectivity index is 2.68. The molecule has 1 aromatic heterocycles. The van der Waals surface area contributed by atoms with E-state index in [9.17, 15) is 10.1 Å². The van der Waals surface area contributed by atoms with Crippen LogP contribution in [0.4, 0.5) is 0 Å². The van der Waals surface area contributed by atoms with Crippen LogP contribution in [0.2, 0.25) is 0 Å². The zero-order valence-corrected chi connectivity index (χ0v) is 11.6.